The van der Waals surface area contributed by atoms with Gasteiger partial charge in [-0.2, -0.15) is 0 Å². The van der Waals surface area contributed by atoms with Crippen LogP contribution in [-0.4, -0.2) is 20.6 Å². The van der Waals surface area contributed by atoms with E-state index < -0.39 is 5.97 Å². The molecule has 0 spiro atoms. The van der Waals surface area contributed by atoms with Gasteiger partial charge < -0.3 is 14.1 Å². The lowest BCUT2D eigenvalue weighted by Gasteiger charge is -2.05. The monoisotopic (exact) mass is 280 g/mol. The highest BCUT2D eigenvalue weighted by molar-refractivity contribution is 7.98. The molecule has 0 aliphatic carbocycles. The average Bonchev–Trinajstić information content (AvgIpc) is 2.93. The molecule has 0 aliphatic heterocycles. The zero-order valence-corrected chi connectivity index (χ0v) is 12.0. The van der Waals surface area contributed by atoms with Crippen molar-refractivity contribution in [2.45, 2.75) is 38.2 Å². The van der Waals surface area contributed by atoms with Gasteiger partial charge in [-0.1, -0.05) is 11.8 Å². The number of aromatic nitrogens is 2. The minimum Gasteiger partial charge on any atom is -0.475 e. The second-order valence-electron chi connectivity index (χ2n) is 4.17. The molecule has 0 saturated carbocycles. The molecule has 2 aromatic rings. The summed E-state index contributed by atoms with van der Waals surface area (Å²) in [6.07, 6.45) is 0. The second-order valence-corrected chi connectivity index (χ2v) is 5.11. The molecule has 102 valence electrons. The number of carboxylic acid groups (broad SMARTS) is 1. The van der Waals surface area contributed by atoms with Gasteiger partial charge in [0.2, 0.25) is 5.76 Å². The Morgan fingerprint density at radius 3 is 2.79 bits per heavy atom. The molecule has 2 aromatic heterocycles. The summed E-state index contributed by atoms with van der Waals surface area (Å²) < 4.78 is 7.36. The molecule has 2 rings (SSSR count). The van der Waals surface area contributed by atoms with Crippen LogP contribution in [0.15, 0.2) is 21.7 Å². The van der Waals surface area contributed by atoms with Crippen molar-refractivity contribution in [3.8, 4) is 0 Å². The molecule has 19 heavy (non-hydrogen) atoms. The Hall–Kier alpha value is -1.69. The van der Waals surface area contributed by atoms with Gasteiger partial charge in [-0.25, -0.2) is 9.78 Å². The van der Waals surface area contributed by atoms with Crippen LogP contribution in [0, 0.1) is 13.8 Å². The normalized spacial score (nSPS) is 10.9. The van der Waals surface area contributed by atoms with Crippen LogP contribution in [0.3, 0.4) is 0 Å². The van der Waals surface area contributed by atoms with Crippen LogP contribution in [0.25, 0.3) is 0 Å². The maximum Gasteiger partial charge on any atom is 0.371 e. The van der Waals surface area contributed by atoms with Crippen molar-refractivity contribution >= 4 is 17.7 Å². The molecule has 0 radical (unpaired) electrons. The molecule has 0 saturated heterocycles. The Balaban J connectivity index is 2.09. The van der Waals surface area contributed by atoms with Gasteiger partial charge in [-0.3, -0.25) is 0 Å². The fourth-order valence-electron chi connectivity index (χ4n) is 1.81. The summed E-state index contributed by atoms with van der Waals surface area (Å²) in [5.74, 6) is 0.145. The number of hydrogen-bond acceptors (Lipinski definition) is 4. The van der Waals surface area contributed by atoms with E-state index in [0.717, 1.165) is 23.1 Å². The van der Waals surface area contributed by atoms with Crippen molar-refractivity contribution in [3.05, 3.63) is 35.0 Å². The molecule has 0 aromatic carbocycles. The van der Waals surface area contributed by atoms with Gasteiger partial charge in [-0.15, -0.1) is 0 Å². The van der Waals surface area contributed by atoms with Crippen LogP contribution < -0.4 is 0 Å². The van der Waals surface area contributed by atoms with Crippen molar-refractivity contribution in [1.29, 1.82) is 0 Å². The van der Waals surface area contributed by atoms with Crippen LogP contribution in [0.2, 0.25) is 0 Å². The number of carboxylic acids is 1. The second kappa shape index (κ2) is 5.52. The Kier molecular flexibility index (Phi) is 3.99. The summed E-state index contributed by atoms with van der Waals surface area (Å²) in [4.78, 5) is 15.2. The molecular formula is C13H16N2O3S. The van der Waals surface area contributed by atoms with Gasteiger partial charge in [0.15, 0.2) is 5.16 Å². The molecule has 1 N–H and O–H groups in total. The third-order valence-electron chi connectivity index (χ3n) is 2.95. The van der Waals surface area contributed by atoms with Crippen LogP contribution in [0.1, 0.15) is 34.6 Å². The smallest absolute Gasteiger partial charge is 0.371 e. The van der Waals surface area contributed by atoms with E-state index in [9.17, 15) is 4.79 Å². The number of hydrogen-bond donors (Lipinski definition) is 1. The van der Waals surface area contributed by atoms with E-state index in [2.05, 4.69) is 16.5 Å². The Morgan fingerprint density at radius 2 is 2.21 bits per heavy atom. The maximum absolute atomic E-state index is 10.7. The van der Waals surface area contributed by atoms with E-state index in [1.165, 1.54) is 6.07 Å². The molecule has 0 atom stereocenters. The number of thioether (sulfide) groups is 1. The van der Waals surface area contributed by atoms with E-state index in [1.807, 2.05) is 13.8 Å². The first-order valence-corrected chi connectivity index (χ1v) is 7.00. The zero-order chi connectivity index (χ0) is 14.0. The lowest BCUT2D eigenvalue weighted by Crippen LogP contribution is -1.99. The van der Waals surface area contributed by atoms with Crippen molar-refractivity contribution in [3.63, 3.8) is 0 Å². The average molecular weight is 280 g/mol. The van der Waals surface area contributed by atoms with E-state index in [-0.39, 0.29) is 5.76 Å². The summed E-state index contributed by atoms with van der Waals surface area (Å²) in [5.41, 5.74) is 2.19. The van der Waals surface area contributed by atoms with Gasteiger partial charge in [0, 0.05) is 12.2 Å². The minimum atomic E-state index is -1.04. The van der Waals surface area contributed by atoms with Crippen molar-refractivity contribution in [2.75, 3.05) is 0 Å². The van der Waals surface area contributed by atoms with E-state index in [1.54, 1.807) is 17.8 Å². The maximum atomic E-state index is 10.7. The molecule has 2 heterocycles. The Morgan fingerprint density at radius 1 is 1.47 bits per heavy atom. The van der Waals surface area contributed by atoms with Gasteiger partial charge in [-0.05, 0) is 32.9 Å². The summed E-state index contributed by atoms with van der Waals surface area (Å²) in [6, 6.07) is 3.16. The molecule has 6 heteroatoms. The number of nitrogens with zero attached hydrogens (tertiary/aromatic N) is 2. The van der Waals surface area contributed by atoms with Crippen LogP contribution in [0.4, 0.5) is 0 Å². The number of aromatic carboxylic acids is 1. The predicted octanol–water partition coefficient (Wildman–Crippen LogP) is 3.10. The number of imidazole rings is 1. The fraction of sp³-hybridized carbons (Fsp3) is 0.385. The van der Waals surface area contributed by atoms with E-state index >= 15 is 0 Å². The third kappa shape index (κ3) is 2.84. The summed E-state index contributed by atoms with van der Waals surface area (Å²) in [6.45, 7) is 6.98. The third-order valence-corrected chi connectivity index (χ3v) is 3.95. The first kappa shape index (κ1) is 13.7. The number of rotatable bonds is 5. The van der Waals surface area contributed by atoms with E-state index in [0.29, 0.717) is 11.5 Å². The van der Waals surface area contributed by atoms with Crippen LogP contribution in [0.5, 0.6) is 0 Å². The highest BCUT2D eigenvalue weighted by atomic mass is 32.2. The quantitative estimate of drug-likeness (QED) is 0.852. The summed E-state index contributed by atoms with van der Waals surface area (Å²) in [7, 11) is 0. The standard InChI is InChI=1S/C13H16N2O3S/c1-4-15-9(3)8(2)14-13(15)19-7-10-5-6-11(18-10)12(16)17/h5-6H,4,7H2,1-3H3,(H,16,17). The lowest BCUT2D eigenvalue weighted by molar-refractivity contribution is 0.0661. The zero-order valence-electron chi connectivity index (χ0n) is 11.1. The van der Waals surface area contributed by atoms with Gasteiger partial charge in [0.05, 0.1) is 11.4 Å². The molecule has 0 bridgehead atoms. The van der Waals surface area contributed by atoms with E-state index in [4.69, 9.17) is 9.52 Å². The van der Waals surface area contributed by atoms with Gasteiger partial charge >= 0.3 is 5.97 Å². The predicted molar refractivity (Wildman–Crippen MR) is 72.6 cm³/mol. The van der Waals surface area contributed by atoms with Crippen molar-refractivity contribution < 1.29 is 14.3 Å². The molecule has 5 nitrogen and oxygen atoms in total. The molecule has 0 aliphatic rings. The number of carbonyl (C=O) groups is 1. The highest BCUT2D eigenvalue weighted by Gasteiger charge is 2.13. The van der Waals surface area contributed by atoms with Crippen molar-refractivity contribution in [2.24, 2.45) is 0 Å². The SMILES string of the molecule is CCn1c(SCc2ccc(C(=O)O)o2)nc(C)c1C. The molecule has 0 fully saturated rings. The van der Waals surface area contributed by atoms with Gasteiger partial charge in [0.1, 0.15) is 5.76 Å². The highest BCUT2D eigenvalue weighted by Crippen LogP contribution is 2.25. The van der Waals surface area contributed by atoms with Gasteiger partial charge in [0.25, 0.3) is 0 Å². The molecule has 0 unspecified atom stereocenters. The first-order chi connectivity index (χ1) is 9.02. The minimum absolute atomic E-state index is 0.0261. The number of aryl methyl sites for hydroxylation is 1. The molecule has 0 amide bonds. The largest absolute Gasteiger partial charge is 0.475 e. The Labute approximate surface area is 115 Å². The number of furan rings is 1. The molecular weight excluding hydrogens is 264 g/mol. The topological polar surface area (TPSA) is 68.3 Å². The van der Waals surface area contributed by atoms with Crippen molar-refractivity contribution in [1.82, 2.24) is 9.55 Å². The lowest BCUT2D eigenvalue weighted by atomic mass is 10.4. The Bertz CT molecular complexity index is 601. The summed E-state index contributed by atoms with van der Waals surface area (Å²) >= 11 is 1.55. The van der Waals surface area contributed by atoms with Crippen LogP contribution in [-0.2, 0) is 12.3 Å². The first-order valence-electron chi connectivity index (χ1n) is 6.01. The fourth-order valence-corrected chi connectivity index (χ4v) is 2.86. The summed E-state index contributed by atoms with van der Waals surface area (Å²) in [5, 5.41) is 9.72. The van der Waals surface area contributed by atoms with Crippen LogP contribution >= 0.6 is 11.8 Å².